The van der Waals surface area contributed by atoms with Gasteiger partial charge in [-0.05, 0) is 72.4 Å². The minimum absolute atomic E-state index is 0.326. The zero-order valence-corrected chi connectivity index (χ0v) is 18.7. The molecule has 0 spiro atoms. The van der Waals surface area contributed by atoms with Crippen molar-refractivity contribution in [1.82, 2.24) is 0 Å². The lowest BCUT2D eigenvalue weighted by atomic mass is 9.88. The Morgan fingerprint density at radius 3 is 2.62 bits per heavy atom. The highest BCUT2D eigenvalue weighted by Gasteiger charge is 2.31. The number of ether oxygens (including phenoxy) is 1. The van der Waals surface area contributed by atoms with E-state index in [1.807, 2.05) is 30.3 Å². The van der Waals surface area contributed by atoms with Crippen molar-refractivity contribution in [3.8, 4) is 0 Å². The second-order valence-electron chi connectivity index (χ2n) is 8.06. The first-order valence-corrected chi connectivity index (χ1v) is 11.3. The summed E-state index contributed by atoms with van der Waals surface area (Å²) < 4.78 is 26.0. The van der Waals surface area contributed by atoms with Gasteiger partial charge in [-0.3, -0.25) is 4.79 Å². The van der Waals surface area contributed by atoms with E-state index in [-0.39, 0.29) is 5.82 Å². The van der Waals surface area contributed by atoms with Crippen LogP contribution in [0.25, 0.3) is 11.0 Å². The zero-order valence-electron chi connectivity index (χ0n) is 17.1. The quantitative estimate of drug-likeness (QED) is 0.213. The van der Waals surface area contributed by atoms with E-state index in [0.717, 1.165) is 32.3 Å². The molecule has 1 fully saturated rings. The molecule has 3 aromatic carbocycles. The number of rotatable bonds is 8. The number of halogens is 2. The number of hydrogen-bond acceptors (Lipinski definition) is 4. The minimum Gasteiger partial charge on any atom is -0.464 e. The summed E-state index contributed by atoms with van der Waals surface area (Å²) in [6.45, 7) is 0.435. The van der Waals surface area contributed by atoms with Crippen molar-refractivity contribution in [2.45, 2.75) is 30.9 Å². The van der Waals surface area contributed by atoms with Crippen LogP contribution in [0.2, 0.25) is 0 Å². The van der Waals surface area contributed by atoms with Gasteiger partial charge in [0.15, 0.2) is 6.23 Å². The summed E-state index contributed by atoms with van der Waals surface area (Å²) in [5, 5.41) is 4.29. The molecule has 1 aliphatic rings. The molecule has 5 rings (SSSR count). The van der Waals surface area contributed by atoms with Crippen LogP contribution in [0.4, 0.5) is 10.1 Å². The summed E-state index contributed by atoms with van der Waals surface area (Å²) in [4.78, 5) is 11.5. The second kappa shape index (κ2) is 8.79. The lowest BCUT2D eigenvalue weighted by Crippen LogP contribution is -2.31. The van der Waals surface area contributed by atoms with Crippen LogP contribution >= 0.6 is 15.9 Å². The Kier molecular flexibility index (Phi) is 5.70. The summed E-state index contributed by atoms with van der Waals surface area (Å²) in [5.74, 6) is -0.155. The Balaban J connectivity index is 1.62. The average molecular weight is 494 g/mol. The summed E-state index contributed by atoms with van der Waals surface area (Å²) >= 11 is 3.47. The maximum absolute atomic E-state index is 13.7. The number of benzene rings is 3. The third-order valence-electron chi connectivity index (χ3n) is 5.88. The van der Waals surface area contributed by atoms with E-state index in [2.05, 4.69) is 33.4 Å². The lowest BCUT2D eigenvalue weighted by Gasteiger charge is -2.27. The molecule has 1 heterocycles. The van der Waals surface area contributed by atoms with Crippen LogP contribution in [-0.4, -0.2) is 12.7 Å². The highest BCUT2D eigenvalue weighted by Crippen LogP contribution is 2.43. The van der Waals surface area contributed by atoms with Crippen molar-refractivity contribution in [2.75, 3.05) is 5.32 Å². The van der Waals surface area contributed by atoms with Crippen LogP contribution in [0.3, 0.4) is 0 Å². The van der Waals surface area contributed by atoms with Crippen LogP contribution in [-0.2, 0) is 9.53 Å². The number of anilines is 1. The standard InChI is InChI=1S/C26H21BrFNO3/c27-19-2-1-3-21(13-19)29-26(32-15-30)25(17-6-9-20(28)10-7-17)23-14-31-24-11-8-18(12-22(23)24)16-4-5-16/h1-3,6-16,25-26,29H,4-5H2. The normalized spacial score (nSPS) is 15.3. The Morgan fingerprint density at radius 1 is 1.09 bits per heavy atom. The molecule has 6 heteroatoms. The third kappa shape index (κ3) is 4.28. The number of carbonyl (C=O) groups is 1. The fourth-order valence-corrected chi connectivity index (χ4v) is 4.56. The predicted octanol–water partition coefficient (Wildman–Crippen LogP) is 6.95. The van der Waals surface area contributed by atoms with Gasteiger partial charge >= 0.3 is 0 Å². The maximum atomic E-state index is 13.7. The largest absolute Gasteiger partial charge is 0.464 e. The van der Waals surface area contributed by atoms with Crippen molar-refractivity contribution in [1.29, 1.82) is 0 Å². The molecule has 0 radical (unpaired) electrons. The molecule has 162 valence electrons. The lowest BCUT2D eigenvalue weighted by molar-refractivity contribution is -0.132. The summed E-state index contributed by atoms with van der Waals surface area (Å²) in [6, 6.07) is 20.1. The third-order valence-corrected chi connectivity index (χ3v) is 6.37. The van der Waals surface area contributed by atoms with Crippen molar-refractivity contribution < 1.29 is 18.3 Å². The van der Waals surface area contributed by atoms with Gasteiger partial charge in [-0.25, -0.2) is 4.39 Å². The first kappa shape index (κ1) is 20.8. The van der Waals surface area contributed by atoms with Crippen molar-refractivity contribution in [2.24, 2.45) is 0 Å². The van der Waals surface area contributed by atoms with Crippen LogP contribution in [0, 0.1) is 5.82 Å². The van der Waals surface area contributed by atoms with E-state index in [0.29, 0.717) is 12.4 Å². The van der Waals surface area contributed by atoms with E-state index in [1.54, 1.807) is 18.4 Å². The van der Waals surface area contributed by atoms with Gasteiger partial charge in [-0.2, -0.15) is 0 Å². The summed E-state index contributed by atoms with van der Waals surface area (Å²) in [7, 11) is 0. The summed E-state index contributed by atoms with van der Waals surface area (Å²) in [6.07, 6.45) is 3.36. The van der Waals surface area contributed by atoms with Gasteiger partial charge in [0.1, 0.15) is 11.4 Å². The number of carbonyl (C=O) groups excluding carboxylic acids is 1. The highest BCUT2D eigenvalue weighted by atomic mass is 79.9. The molecule has 4 nitrogen and oxygen atoms in total. The monoisotopic (exact) mass is 493 g/mol. The van der Waals surface area contributed by atoms with E-state index in [1.165, 1.54) is 30.5 Å². The Hall–Kier alpha value is -3.12. The number of nitrogens with one attached hydrogen (secondary N) is 1. The van der Waals surface area contributed by atoms with Crippen molar-refractivity contribution in [3.63, 3.8) is 0 Å². The molecule has 32 heavy (non-hydrogen) atoms. The minimum atomic E-state index is -0.738. The molecule has 2 unspecified atom stereocenters. The fraction of sp³-hybridized carbons (Fsp3) is 0.192. The second-order valence-corrected chi connectivity index (χ2v) is 8.97. The van der Waals surface area contributed by atoms with Gasteiger partial charge in [0.2, 0.25) is 0 Å². The van der Waals surface area contributed by atoms with Gasteiger partial charge < -0.3 is 14.5 Å². The van der Waals surface area contributed by atoms with E-state index < -0.39 is 12.1 Å². The highest BCUT2D eigenvalue weighted by molar-refractivity contribution is 9.10. The van der Waals surface area contributed by atoms with Gasteiger partial charge in [-0.1, -0.05) is 40.2 Å². The number of hydrogen-bond donors (Lipinski definition) is 1. The van der Waals surface area contributed by atoms with Gasteiger partial charge in [-0.15, -0.1) is 0 Å². The first-order chi connectivity index (χ1) is 15.6. The smallest absolute Gasteiger partial charge is 0.295 e. The molecule has 1 N–H and O–H groups in total. The molecule has 1 aliphatic carbocycles. The Labute approximate surface area is 193 Å². The molecule has 0 amide bonds. The Bertz CT molecular complexity index is 1250. The first-order valence-electron chi connectivity index (χ1n) is 10.5. The molecular weight excluding hydrogens is 473 g/mol. The molecule has 0 bridgehead atoms. The number of furan rings is 1. The Morgan fingerprint density at radius 2 is 1.91 bits per heavy atom. The van der Waals surface area contributed by atoms with Crippen LogP contribution < -0.4 is 5.32 Å². The topological polar surface area (TPSA) is 51.5 Å². The molecule has 1 saturated carbocycles. The zero-order chi connectivity index (χ0) is 22.1. The fourth-order valence-electron chi connectivity index (χ4n) is 4.16. The predicted molar refractivity (Wildman–Crippen MR) is 125 cm³/mol. The summed E-state index contributed by atoms with van der Waals surface area (Å²) in [5.41, 5.74) is 4.52. The van der Waals surface area contributed by atoms with Crippen molar-refractivity contribution in [3.05, 3.63) is 100.0 Å². The van der Waals surface area contributed by atoms with E-state index in [9.17, 15) is 9.18 Å². The molecular formula is C26H21BrFNO3. The molecule has 0 aliphatic heterocycles. The van der Waals surface area contributed by atoms with Gasteiger partial charge in [0.05, 0.1) is 12.2 Å². The molecule has 4 aromatic rings. The average Bonchev–Trinajstić information content (AvgIpc) is 3.56. The van der Waals surface area contributed by atoms with Crippen LogP contribution in [0.15, 0.2) is 81.9 Å². The van der Waals surface area contributed by atoms with Crippen LogP contribution in [0.5, 0.6) is 0 Å². The maximum Gasteiger partial charge on any atom is 0.295 e. The van der Waals surface area contributed by atoms with Crippen LogP contribution in [0.1, 0.15) is 41.4 Å². The number of fused-ring (bicyclic) bond motifs is 1. The SMILES string of the molecule is O=COC(Nc1cccc(Br)c1)C(c1ccc(F)cc1)c1coc2ccc(C3CC3)cc12. The van der Waals surface area contributed by atoms with Gasteiger partial charge in [0, 0.05) is 21.1 Å². The molecule has 2 atom stereocenters. The molecule has 0 saturated heterocycles. The van der Waals surface area contributed by atoms with Crippen molar-refractivity contribution >= 4 is 39.1 Å². The van der Waals surface area contributed by atoms with E-state index in [4.69, 9.17) is 9.15 Å². The van der Waals surface area contributed by atoms with E-state index >= 15 is 0 Å². The molecule has 1 aromatic heterocycles. The van der Waals surface area contributed by atoms with Gasteiger partial charge in [0.25, 0.3) is 6.47 Å².